The number of aromatic nitrogens is 2. The third kappa shape index (κ3) is 4.18. The molecule has 0 spiro atoms. The van der Waals surface area contributed by atoms with E-state index in [0.29, 0.717) is 26.8 Å². The molecular weight excluding hydrogens is 500 g/mol. The Morgan fingerprint density at radius 1 is 1.08 bits per heavy atom. The van der Waals surface area contributed by atoms with Gasteiger partial charge in [-0.3, -0.25) is 19.5 Å². The van der Waals surface area contributed by atoms with Crippen molar-refractivity contribution in [3.63, 3.8) is 0 Å². The third-order valence-electron chi connectivity index (χ3n) is 6.90. The van der Waals surface area contributed by atoms with Crippen molar-refractivity contribution in [2.45, 2.75) is 31.3 Å². The van der Waals surface area contributed by atoms with Crippen molar-refractivity contribution in [3.05, 3.63) is 78.6 Å². The van der Waals surface area contributed by atoms with Gasteiger partial charge in [0.25, 0.3) is 5.91 Å². The van der Waals surface area contributed by atoms with Gasteiger partial charge >= 0.3 is 6.03 Å². The minimum absolute atomic E-state index is 0.166. The second kappa shape index (κ2) is 9.71. The van der Waals surface area contributed by atoms with Crippen LogP contribution in [-0.4, -0.2) is 39.9 Å². The van der Waals surface area contributed by atoms with Crippen molar-refractivity contribution in [2.75, 3.05) is 10.2 Å². The Morgan fingerprint density at radius 3 is 2.68 bits per heavy atom. The molecule has 3 aromatic heterocycles. The number of rotatable bonds is 6. The van der Waals surface area contributed by atoms with Crippen LogP contribution in [0.25, 0.3) is 21.3 Å². The van der Waals surface area contributed by atoms with Gasteiger partial charge in [0.2, 0.25) is 5.91 Å². The number of carbonyl (C=O) groups excluding carboxylic acids is 3. The first kappa shape index (κ1) is 23.8. The highest BCUT2D eigenvalue weighted by Gasteiger charge is 2.35. The lowest BCUT2D eigenvalue weighted by atomic mass is 10.1. The van der Waals surface area contributed by atoms with Crippen LogP contribution in [0.3, 0.4) is 0 Å². The maximum Gasteiger partial charge on any atom is 0.331 e. The summed E-state index contributed by atoms with van der Waals surface area (Å²) in [6.07, 6.45) is 8.79. The highest BCUT2D eigenvalue weighted by Crippen LogP contribution is 2.46. The molecule has 4 amide bonds. The van der Waals surface area contributed by atoms with Gasteiger partial charge in [-0.05, 0) is 55.2 Å². The summed E-state index contributed by atoms with van der Waals surface area (Å²) in [6.45, 7) is 3.50. The summed E-state index contributed by atoms with van der Waals surface area (Å²) in [5.41, 5.74) is 3.67. The van der Waals surface area contributed by atoms with Crippen molar-refractivity contribution in [1.29, 1.82) is 0 Å². The van der Waals surface area contributed by atoms with Crippen LogP contribution in [0.5, 0.6) is 0 Å². The summed E-state index contributed by atoms with van der Waals surface area (Å²) < 4.78 is 0. The number of benzene rings is 1. The number of carbonyl (C=O) groups is 3. The van der Waals surface area contributed by atoms with Gasteiger partial charge in [-0.25, -0.2) is 9.78 Å². The molecule has 1 saturated carbocycles. The maximum absolute atomic E-state index is 13.5. The molecule has 1 fully saturated rings. The Hall–Kier alpha value is -4.57. The number of hydrogen-bond acceptors (Lipinski definition) is 6. The highest BCUT2D eigenvalue weighted by atomic mass is 32.1. The van der Waals surface area contributed by atoms with Crippen molar-refractivity contribution in [2.24, 2.45) is 0 Å². The lowest BCUT2D eigenvalue weighted by Crippen LogP contribution is -2.48. The number of pyridine rings is 2. The van der Waals surface area contributed by atoms with E-state index in [0.717, 1.165) is 35.8 Å². The molecule has 9 nitrogen and oxygen atoms in total. The van der Waals surface area contributed by atoms with E-state index in [2.05, 4.69) is 32.5 Å². The predicted molar refractivity (Wildman–Crippen MR) is 148 cm³/mol. The second-order valence-electron chi connectivity index (χ2n) is 9.20. The minimum Gasteiger partial charge on any atom is -0.348 e. The van der Waals surface area contributed by atoms with Gasteiger partial charge in [-0.2, -0.15) is 0 Å². The molecule has 0 unspecified atom stereocenters. The largest absolute Gasteiger partial charge is 0.348 e. The van der Waals surface area contributed by atoms with Crippen LogP contribution in [0.1, 0.15) is 28.9 Å². The normalized spacial score (nSPS) is 18.2. The van der Waals surface area contributed by atoms with Gasteiger partial charge in [0, 0.05) is 36.2 Å². The number of amides is 4. The highest BCUT2D eigenvalue weighted by molar-refractivity contribution is 7.21. The molecule has 3 N–H and O–H groups in total. The number of anilines is 3. The standard InChI is InChI=1S/C28H24N6O3S/c1-2-22(35)31-19-9-4-10-20(19)32-26(36)25-24-23-21(11-13-30-27(23)38-25)34(28(37)33-24)18-8-3-6-16(14-18)17-7-5-12-29-15-17/h2-3,5-8,11-15,19-20H,1,4,9-10H2,(H,31,35)(H,32,36)(H,33,37)/t19-,20-/m1/s1. The zero-order valence-corrected chi connectivity index (χ0v) is 21.1. The molecule has 0 bridgehead atoms. The summed E-state index contributed by atoms with van der Waals surface area (Å²) in [6, 6.07) is 12.6. The number of thiophene rings is 1. The molecule has 190 valence electrons. The van der Waals surface area contributed by atoms with Gasteiger partial charge in [0.05, 0.1) is 22.4 Å². The first-order valence-electron chi connectivity index (χ1n) is 12.3. The van der Waals surface area contributed by atoms with E-state index < -0.39 is 0 Å². The van der Waals surface area contributed by atoms with Gasteiger partial charge in [-0.15, -0.1) is 11.3 Å². The summed E-state index contributed by atoms with van der Waals surface area (Å²) in [5, 5.41) is 9.62. The molecule has 38 heavy (non-hydrogen) atoms. The average molecular weight is 525 g/mol. The van der Waals surface area contributed by atoms with Crippen LogP contribution in [0.4, 0.5) is 21.9 Å². The van der Waals surface area contributed by atoms with E-state index in [9.17, 15) is 14.4 Å². The summed E-state index contributed by atoms with van der Waals surface area (Å²) in [7, 11) is 0. The van der Waals surface area contributed by atoms with Crippen LogP contribution in [0.2, 0.25) is 0 Å². The minimum atomic E-state index is -0.363. The van der Waals surface area contributed by atoms with E-state index in [1.165, 1.54) is 17.4 Å². The van der Waals surface area contributed by atoms with Crippen LogP contribution < -0.4 is 20.9 Å². The first-order chi connectivity index (χ1) is 18.5. The van der Waals surface area contributed by atoms with Crippen molar-refractivity contribution >= 4 is 56.5 Å². The van der Waals surface area contributed by atoms with Gasteiger partial charge in [0.1, 0.15) is 9.71 Å². The third-order valence-corrected chi connectivity index (χ3v) is 7.99. The molecule has 0 radical (unpaired) electrons. The zero-order chi connectivity index (χ0) is 26.2. The smallest absolute Gasteiger partial charge is 0.331 e. The van der Waals surface area contributed by atoms with Crippen LogP contribution in [0, 0.1) is 0 Å². The van der Waals surface area contributed by atoms with Crippen molar-refractivity contribution in [3.8, 4) is 11.1 Å². The quantitative estimate of drug-likeness (QED) is 0.307. The van der Waals surface area contributed by atoms with E-state index in [1.54, 1.807) is 29.6 Å². The number of hydrogen-bond donors (Lipinski definition) is 3. The molecule has 4 aromatic rings. The van der Waals surface area contributed by atoms with Gasteiger partial charge in [0.15, 0.2) is 0 Å². The topological polar surface area (TPSA) is 116 Å². The molecular formula is C28H24N6O3S. The summed E-state index contributed by atoms with van der Waals surface area (Å²) >= 11 is 1.24. The number of urea groups is 1. The van der Waals surface area contributed by atoms with Crippen LogP contribution >= 0.6 is 11.3 Å². The molecule has 6 rings (SSSR count). The Bertz CT molecular complexity index is 1580. The number of nitrogens with zero attached hydrogens (tertiary/aromatic N) is 3. The second-order valence-corrected chi connectivity index (χ2v) is 10.2. The molecule has 2 atom stereocenters. The Balaban J connectivity index is 1.34. The molecule has 10 heteroatoms. The molecule has 1 aliphatic carbocycles. The molecule has 1 aromatic carbocycles. The van der Waals surface area contributed by atoms with Crippen LogP contribution in [0.15, 0.2) is 73.7 Å². The van der Waals surface area contributed by atoms with E-state index >= 15 is 0 Å². The van der Waals surface area contributed by atoms with E-state index in [4.69, 9.17) is 0 Å². The Kier molecular flexibility index (Phi) is 6.09. The SMILES string of the molecule is C=CC(=O)N[C@@H]1CCC[C@H]1NC(=O)c1sc2nccc3c2c1NC(=O)N3c1cccc(-c2cccnc2)c1. The van der Waals surface area contributed by atoms with Crippen LogP contribution in [-0.2, 0) is 4.79 Å². The van der Waals surface area contributed by atoms with Crippen molar-refractivity contribution < 1.29 is 14.4 Å². The fraction of sp³-hybridized carbons (Fsp3) is 0.179. The fourth-order valence-corrected chi connectivity index (χ4v) is 6.16. The Morgan fingerprint density at radius 2 is 1.89 bits per heavy atom. The van der Waals surface area contributed by atoms with Gasteiger partial charge in [-0.1, -0.05) is 24.8 Å². The lowest BCUT2D eigenvalue weighted by molar-refractivity contribution is -0.117. The molecule has 4 heterocycles. The average Bonchev–Trinajstić information content (AvgIpc) is 3.54. The fourth-order valence-electron chi connectivity index (χ4n) is 5.14. The predicted octanol–water partition coefficient (Wildman–Crippen LogP) is 5.00. The monoisotopic (exact) mass is 524 g/mol. The first-order valence-corrected chi connectivity index (χ1v) is 13.1. The summed E-state index contributed by atoms with van der Waals surface area (Å²) in [4.78, 5) is 50.0. The van der Waals surface area contributed by atoms with E-state index in [1.807, 2.05) is 36.4 Å². The number of nitrogens with one attached hydrogen (secondary N) is 3. The maximum atomic E-state index is 13.5. The Labute approximate surface area is 222 Å². The van der Waals surface area contributed by atoms with Gasteiger partial charge < -0.3 is 16.0 Å². The molecule has 2 aliphatic rings. The van der Waals surface area contributed by atoms with E-state index in [-0.39, 0.29) is 29.9 Å². The lowest BCUT2D eigenvalue weighted by Gasteiger charge is -2.29. The summed E-state index contributed by atoms with van der Waals surface area (Å²) in [5.74, 6) is -0.562. The molecule has 0 saturated heterocycles. The zero-order valence-electron chi connectivity index (χ0n) is 20.3. The molecule has 1 aliphatic heterocycles. The van der Waals surface area contributed by atoms with Crippen molar-refractivity contribution in [1.82, 2.24) is 20.6 Å².